The van der Waals surface area contributed by atoms with E-state index in [0.29, 0.717) is 16.4 Å². The first kappa shape index (κ1) is 13.8. The molecule has 0 radical (unpaired) electrons. The van der Waals surface area contributed by atoms with E-state index in [2.05, 4.69) is 28.8 Å². The molecule has 0 saturated heterocycles. The van der Waals surface area contributed by atoms with Gasteiger partial charge in [0, 0.05) is 36.0 Å². The fraction of sp³-hybridized carbons (Fsp3) is 0.250. The lowest BCUT2D eigenvalue weighted by atomic mass is 10.1. The molecule has 3 rings (SSSR count). The summed E-state index contributed by atoms with van der Waals surface area (Å²) in [6, 6.07) is 5.39. The van der Waals surface area contributed by atoms with Gasteiger partial charge in [0.05, 0.1) is 4.88 Å². The van der Waals surface area contributed by atoms with Crippen molar-refractivity contribution in [2.75, 3.05) is 0 Å². The van der Waals surface area contributed by atoms with E-state index in [-0.39, 0.29) is 5.78 Å². The molecule has 0 spiro atoms. The lowest BCUT2D eigenvalue weighted by molar-refractivity contribution is 0.104. The van der Waals surface area contributed by atoms with Crippen molar-refractivity contribution >= 4 is 27.3 Å². The highest BCUT2D eigenvalue weighted by atomic mass is 32.1. The molecule has 0 aliphatic carbocycles. The molecular weight excluding hydrogens is 282 g/mol. The van der Waals surface area contributed by atoms with Gasteiger partial charge in [-0.05, 0) is 24.1 Å². The first-order valence-electron chi connectivity index (χ1n) is 6.83. The third-order valence-electron chi connectivity index (χ3n) is 3.06. The summed E-state index contributed by atoms with van der Waals surface area (Å²) >= 11 is 1.41. The Bertz CT molecular complexity index is 781. The molecule has 21 heavy (non-hydrogen) atoms. The lowest BCUT2D eigenvalue weighted by Gasteiger charge is -2.01. The summed E-state index contributed by atoms with van der Waals surface area (Å²) in [4.78, 5) is 26.8. The molecule has 3 aromatic heterocycles. The molecule has 5 heteroatoms. The van der Waals surface area contributed by atoms with Gasteiger partial charge in [-0.2, -0.15) is 0 Å². The highest BCUT2D eigenvalue weighted by Crippen LogP contribution is 2.25. The van der Waals surface area contributed by atoms with Gasteiger partial charge in [-0.1, -0.05) is 13.8 Å². The topological polar surface area (TPSA) is 55.7 Å². The number of hydrogen-bond acceptors (Lipinski definition) is 5. The maximum Gasteiger partial charge on any atom is 0.204 e. The molecule has 0 aliphatic heterocycles. The van der Waals surface area contributed by atoms with Crippen LogP contribution in [-0.2, 0) is 6.42 Å². The number of pyridine rings is 1. The van der Waals surface area contributed by atoms with Crippen molar-refractivity contribution in [3.05, 3.63) is 53.1 Å². The Morgan fingerprint density at radius 1 is 1.33 bits per heavy atom. The summed E-state index contributed by atoms with van der Waals surface area (Å²) in [7, 11) is 0. The molecule has 3 aromatic rings. The molecule has 0 atom stereocenters. The summed E-state index contributed by atoms with van der Waals surface area (Å²) in [6.45, 7) is 4.28. The van der Waals surface area contributed by atoms with Gasteiger partial charge in [-0.3, -0.25) is 9.78 Å². The summed E-state index contributed by atoms with van der Waals surface area (Å²) in [5.41, 5.74) is 0.597. The van der Waals surface area contributed by atoms with E-state index in [1.807, 2.05) is 6.07 Å². The van der Waals surface area contributed by atoms with Crippen LogP contribution in [0.25, 0.3) is 10.2 Å². The van der Waals surface area contributed by atoms with E-state index in [0.717, 1.165) is 22.5 Å². The normalized spacial score (nSPS) is 11.2. The molecule has 0 saturated carbocycles. The zero-order chi connectivity index (χ0) is 14.8. The quantitative estimate of drug-likeness (QED) is 0.691. The van der Waals surface area contributed by atoms with Gasteiger partial charge < -0.3 is 0 Å². The van der Waals surface area contributed by atoms with Gasteiger partial charge in [0.25, 0.3) is 0 Å². The highest BCUT2D eigenvalue weighted by Gasteiger charge is 2.14. The average molecular weight is 297 g/mol. The van der Waals surface area contributed by atoms with Crippen LogP contribution >= 0.6 is 11.3 Å². The lowest BCUT2D eigenvalue weighted by Crippen LogP contribution is -1.99. The number of thiophene rings is 1. The molecular formula is C16H15N3OS. The van der Waals surface area contributed by atoms with Gasteiger partial charge in [0.2, 0.25) is 5.78 Å². The molecule has 0 aliphatic rings. The van der Waals surface area contributed by atoms with Crippen molar-refractivity contribution in [1.29, 1.82) is 0 Å². The number of ketones is 1. The summed E-state index contributed by atoms with van der Waals surface area (Å²) < 4.78 is 0. The first-order valence-corrected chi connectivity index (χ1v) is 7.65. The van der Waals surface area contributed by atoms with Crippen LogP contribution in [0.4, 0.5) is 0 Å². The van der Waals surface area contributed by atoms with Gasteiger partial charge in [0.15, 0.2) is 0 Å². The number of carbonyl (C=O) groups excluding carboxylic acids is 1. The minimum atomic E-state index is -0.0171. The van der Waals surface area contributed by atoms with Crippen LogP contribution in [0.3, 0.4) is 0 Å². The third kappa shape index (κ3) is 2.97. The van der Waals surface area contributed by atoms with Crippen molar-refractivity contribution in [3.63, 3.8) is 0 Å². The van der Waals surface area contributed by atoms with Crippen molar-refractivity contribution in [2.45, 2.75) is 20.3 Å². The Labute approximate surface area is 126 Å². The summed E-state index contributed by atoms with van der Waals surface area (Å²) in [5, 5.41) is 0.916. The van der Waals surface area contributed by atoms with Crippen LogP contribution in [0.2, 0.25) is 0 Å². The van der Waals surface area contributed by atoms with E-state index in [1.165, 1.54) is 11.3 Å². The number of fused-ring (bicyclic) bond motifs is 1. The van der Waals surface area contributed by atoms with Crippen LogP contribution in [0.15, 0.2) is 36.8 Å². The third-order valence-corrected chi connectivity index (χ3v) is 4.11. The molecule has 106 valence electrons. The number of carbonyl (C=O) groups is 1. The van der Waals surface area contributed by atoms with Crippen LogP contribution in [0, 0.1) is 5.92 Å². The Morgan fingerprint density at radius 2 is 2.19 bits per heavy atom. The van der Waals surface area contributed by atoms with E-state index >= 15 is 0 Å². The summed E-state index contributed by atoms with van der Waals surface area (Å²) in [6.07, 6.45) is 5.89. The van der Waals surface area contributed by atoms with Crippen LogP contribution in [-0.4, -0.2) is 20.7 Å². The van der Waals surface area contributed by atoms with Crippen LogP contribution in [0.5, 0.6) is 0 Å². The highest BCUT2D eigenvalue weighted by molar-refractivity contribution is 7.20. The summed E-state index contributed by atoms with van der Waals surface area (Å²) in [5.74, 6) is 1.33. The second-order valence-corrected chi connectivity index (χ2v) is 6.36. The van der Waals surface area contributed by atoms with Crippen molar-refractivity contribution in [2.24, 2.45) is 5.92 Å². The zero-order valence-electron chi connectivity index (χ0n) is 11.9. The minimum Gasteiger partial charge on any atom is -0.288 e. The standard InChI is InChI=1S/C16H15N3OS/c1-10(2)6-14-18-9-12-7-13(21-16(12)19-14)15(20)11-4-3-5-17-8-11/h3-5,7-10H,6H2,1-2H3. The van der Waals surface area contributed by atoms with Crippen molar-refractivity contribution in [3.8, 4) is 0 Å². The fourth-order valence-electron chi connectivity index (χ4n) is 2.08. The Morgan fingerprint density at radius 3 is 2.90 bits per heavy atom. The van der Waals surface area contributed by atoms with Crippen molar-refractivity contribution < 1.29 is 4.79 Å². The second kappa shape index (κ2) is 5.69. The van der Waals surface area contributed by atoms with E-state index < -0.39 is 0 Å². The van der Waals surface area contributed by atoms with Gasteiger partial charge in [0.1, 0.15) is 10.7 Å². The Kier molecular flexibility index (Phi) is 3.75. The maximum atomic E-state index is 12.4. The van der Waals surface area contributed by atoms with Crippen molar-refractivity contribution in [1.82, 2.24) is 15.0 Å². The maximum absolute atomic E-state index is 12.4. The Hall–Kier alpha value is -2.14. The van der Waals surface area contributed by atoms with Gasteiger partial charge in [-0.25, -0.2) is 9.97 Å². The van der Waals surface area contributed by atoms with Gasteiger partial charge >= 0.3 is 0 Å². The zero-order valence-corrected chi connectivity index (χ0v) is 12.7. The fourth-order valence-corrected chi connectivity index (χ4v) is 3.07. The predicted molar refractivity (Wildman–Crippen MR) is 83.6 cm³/mol. The number of rotatable bonds is 4. The molecule has 0 fully saturated rings. The Balaban J connectivity index is 1.96. The van der Waals surface area contributed by atoms with E-state index in [1.54, 1.807) is 30.7 Å². The molecule has 0 amide bonds. The van der Waals surface area contributed by atoms with Crippen LogP contribution in [0.1, 0.15) is 34.9 Å². The van der Waals surface area contributed by atoms with E-state index in [4.69, 9.17) is 0 Å². The smallest absolute Gasteiger partial charge is 0.204 e. The number of hydrogen-bond donors (Lipinski definition) is 0. The largest absolute Gasteiger partial charge is 0.288 e. The predicted octanol–water partition coefficient (Wildman–Crippen LogP) is 3.52. The molecule has 4 nitrogen and oxygen atoms in total. The first-order chi connectivity index (χ1) is 10.1. The SMILES string of the molecule is CC(C)Cc1ncc2cc(C(=O)c3cccnc3)sc2n1. The monoisotopic (exact) mass is 297 g/mol. The van der Waals surface area contributed by atoms with E-state index in [9.17, 15) is 4.79 Å². The molecule has 0 aromatic carbocycles. The second-order valence-electron chi connectivity index (χ2n) is 5.33. The number of nitrogens with zero attached hydrogens (tertiary/aromatic N) is 3. The molecule has 0 unspecified atom stereocenters. The van der Waals surface area contributed by atoms with Gasteiger partial charge in [-0.15, -0.1) is 11.3 Å². The molecule has 0 N–H and O–H groups in total. The minimum absolute atomic E-state index is 0.0171. The average Bonchev–Trinajstić information content (AvgIpc) is 2.90. The number of aromatic nitrogens is 3. The van der Waals surface area contributed by atoms with Crippen LogP contribution < -0.4 is 0 Å². The molecule has 0 bridgehead atoms. The molecule has 3 heterocycles.